The Bertz CT molecular complexity index is 1120. The smallest absolute Gasteiger partial charge is 0.277 e. The molecule has 5 heterocycles. The summed E-state index contributed by atoms with van der Waals surface area (Å²) in [5.74, 6) is 0.0868. The fourth-order valence-corrected chi connectivity index (χ4v) is 5.47. The molecule has 8 heteroatoms. The van der Waals surface area contributed by atoms with E-state index in [1.807, 2.05) is 13.0 Å². The summed E-state index contributed by atoms with van der Waals surface area (Å²) in [6.07, 6.45) is 4.57. The molecule has 0 spiro atoms. The molecule has 7 nitrogen and oxygen atoms in total. The van der Waals surface area contributed by atoms with Gasteiger partial charge in [0.05, 0.1) is 29.5 Å². The zero-order valence-corrected chi connectivity index (χ0v) is 18.1. The van der Waals surface area contributed by atoms with E-state index in [0.717, 1.165) is 30.9 Å². The number of carbonyl (C=O) groups excluding carboxylic acids is 1. The molecular formula is C22H27N5O2S. The van der Waals surface area contributed by atoms with Gasteiger partial charge in [-0.05, 0) is 30.8 Å². The normalized spacial score (nSPS) is 19.9. The van der Waals surface area contributed by atoms with Crippen molar-refractivity contribution < 1.29 is 4.79 Å². The lowest BCUT2D eigenvalue weighted by Gasteiger charge is -2.34. The Morgan fingerprint density at radius 3 is 3.03 bits per heavy atom. The molecule has 2 aliphatic rings. The second-order valence-electron chi connectivity index (χ2n) is 8.23. The second kappa shape index (κ2) is 8.00. The number of aromatic amines is 1. The number of likely N-dealkylation sites (tertiary alicyclic amines) is 1. The number of piperidine rings is 1. The van der Waals surface area contributed by atoms with Crippen LogP contribution < -0.4 is 5.56 Å². The van der Waals surface area contributed by atoms with E-state index >= 15 is 0 Å². The van der Waals surface area contributed by atoms with Crippen LogP contribution in [-0.2, 0) is 24.3 Å². The first-order valence-corrected chi connectivity index (χ1v) is 11.7. The lowest BCUT2D eigenvalue weighted by atomic mass is 9.99. The summed E-state index contributed by atoms with van der Waals surface area (Å²) < 4.78 is 1.58. The van der Waals surface area contributed by atoms with Gasteiger partial charge in [-0.25, -0.2) is 9.50 Å². The second-order valence-corrected chi connectivity index (χ2v) is 9.26. The molecule has 1 fully saturated rings. The van der Waals surface area contributed by atoms with E-state index in [0.29, 0.717) is 37.1 Å². The summed E-state index contributed by atoms with van der Waals surface area (Å²) in [5, 5.41) is 5.47. The number of fused-ring (bicyclic) bond motifs is 2. The maximum atomic E-state index is 13.2. The average Bonchev–Trinajstić information content (AvgIpc) is 3.43. The average molecular weight is 426 g/mol. The van der Waals surface area contributed by atoms with Gasteiger partial charge in [0.25, 0.3) is 5.56 Å². The number of amides is 1. The molecule has 0 saturated carbocycles. The van der Waals surface area contributed by atoms with Crippen molar-refractivity contribution in [3.05, 3.63) is 55.8 Å². The van der Waals surface area contributed by atoms with Crippen LogP contribution in [0.2, 0.25) is 0 Å². The third-order valence-corrected chi connectivity index (χ3v) is 7.21. The molecule has 0 bridgehead atoms. The van der Waals surface area contributed by atoms with Gasteiger partial charge in [0.1, 0.15) is 0 Å². The Hall–Kier alpha value is -2.45. The minimum atomic E-state index is -0.0736. The quantitative estimate of drug-likeness (QED) is 0.697. The van der Waals surface area contributed by atoms with Crippen LogP contribution in [0.3, 0.4) is 0 Å². The first-order valence-electron chi connectivity index (χ1n) is 10.8. The standard InChI is InChI=1S/C22H27N5O2S/c1-2-21(28)26-10-8-17-16(14-26)22(29)27-20(23-17)12-18(24-27)19-7-3-4-9-25(19)13-15-6-5-11-30-15/h5-6,11-12,19,24H,2-4,7-10,13-14H2,1H3/t19-/m0/s1. The van der Waals surface area contributed by atoms with Crippen molar-refractivity contribution in [2.24, 2.45) is 0 Å². The molecule has 1 N–H and O–H groups in total. The fraction of sp³-hybridized carbons (Fsp3) is 0.500. The van der Waals surface area contributed by atoms with Gasteiger partial charge < -0.3 is 4.90 Å². The van der Waals surface area contributed by atoms with E-state index in [4.69, 9.17) is 4.98 Å². The Morgan fingerprint density at radius 2 is 2.23 bits per heavy atom. The maximum Gasteiger partial charge on any atom is 0.277 e. The molecule has 5 rings (SSSR count). The van der Waals surface area contributed by atoms with Crippen molar-refractivity contribution in [1.29, 1.82) is 0 Å². The molecule has 1 atom stereocenters. The third-order valence-electron chi connectivity index (χ3n) is 6.35. The van der Waals surface area contributed by atoms with Crippen LogP contribution in [0, 0.1) is 0 Å². The van der Waals surface area contributed by atoms with E-state index in [2.05, 4.69) is 27.5 Å². The fourth-order valence-electron chi connectivity index (χ4n) is 4.74. The summed E-state index contributed by atoms with van der Waals surface area (Å²) in [7, 11) is 0. The molecule has 0 radical (unpaired) electrons. The van der Waals surface area contributed by atoms with E-state index in [1.54, 1.807) is 20.8 Å². The van der Waals surface area contributed by atoms with Crippen molar-refractivity contribution in [2.75, 3.05) is 13.1 Å². The summed E-state index contributed by atoms with van der Waals surface area (Å²) >= 11 is 1.79. The Kier molecular flexibility index (Phi) is 5.20. The van der Waals surface area contributed by atoms with Crippen LogP contribution >= 0.6 is 11.3 Å². The predicted molar refractivity (Wildman–Crippen MR) is 117 cm³/mol. The molecular weight excluding hydrogens is 398 g/mol. The number of nitrogens with zero attached hydrogens (tertiary/aromatic N) is 4. The summed E-state index contributed by atoms with van der Waals surface area (Å²) in [5.41, 5.74) is 3.15. The third kappa shape index (κ3) is 3.48. The molecule has 1 amide bonds. The van der Waals surface area contributed by atoms with Gasteiger partial charge in [-0.2, -0.15) is 0 Å². The number of hydrogen-bond donors (Lipinski definition) is 1. The number of thiophene rings is 1. The summed E-state index contributed by atoms with van der Waals surface area (Å²) in [4.78, 5) is 35.7. The van der Waals surface area contributed by atoms with Gasteiger partial charge >= 0.3 is 0 Å². The molecule has 0 aliphatic carbocycles. The minimum absolute atomic E-state index is 0.0736. The monoisotopic (exact) mass is 425 g/mol. The number of H-pyrrole nitrogens is 1. The van der Waals surface area contributed by atoms with Crippen LogP contribution in [0.5, 0.6) is 0 Å². The van der Waals surface area contributed by atoms with Gasteiger partial charge in [0, 0.05) is 36.9 Å². The molecule has 30 heavy (non-hydrogen) atoms. The summed E-state index contributed by atoms with van der Waals surface area (Å²) in [6, 6.07) is 6.59. The number of rotatable bonds is 4. The Morgan fingerprint density at radius 1 is 1.33 bits per heavy atom. The SMILES string of the molecule is CCC(=O)N1CCc2nc3cc([C@@H]4CCCCN4Cc4cccs4)[nH]n3c(=O)c2C1. The van der Waals surface area contributed by atoms with E-state index in [9.17, 15) is 9.59 Å². The molecule has 0 unspecified atom stereocenters. The first kappa shape index (κ1) is 19.5. The largest absolute Gasteiger partial charge is 0.338 e. The highest BCUT2D eigenvalue weighted by atomic mass is 32.1. The van der Waals surface area contributed by atoms with E-state index in [-0.39, 0.29) is 17.5 Å². The van der Waals surface area contributed by atoms with Crippen LogP contribution in [0.15, 0.2) is 28.4 Å². The van der Waals surface area contributed by atoms with Crippen molar-refractivity contribution >= 4 is 22.9 Å². The Labute approximate surface area is 179 Å². The number of nitrogens with one attached hydrogen (secondary N) is 1. The highest BCUT2D eigenvalue weighted by Gasteiger charge is 2.28. The highest BCUT2D eigenvalue weighted by molar-refractivity contribution is 7.09. The van der Waals surface area contributed by atoms with Crippen LogP contribution in [0.1, 0.15) is 60.5 Å². The highest BCUT2D eigenvalue weighted by Crippen LogP contribution is 2.32. The zero-order chi connectivity index (χ0) is 20.7. The number of carbonyl (C=O) groups is 1. The van der Waals surface area contributed by atoms with Gasteiger partial charge in [-0.1, -0.05) is 19.4 Å². The first-order chi connectivity index (χ1) is 14.6. The predicted octanol–water partition coefficient (Wildman–Crippen LogP) is 3.11. The maximum absolute atomic E-state index is 13.2. The van der Waals surface area contributed by atoms with Crippen LogP contribution in [0.4, 0.5) is 0 Å². The van der Waals surface area contributed by atoms with Gasteiger partial charge in [0.15, 0.2) is 5.65 Å². The molecule has 0 aromatic carbocycles. The molecule has 2 aliphatic heterocycles. The number of aromatic nitrogens is 3. The Balaban J connectivity index is 1.48. The van der Waals surface area contributed by atoms with Crippen molar-refractivity contribution in [2.45, 2.75) is 58.2 Å². The van der Waals surface area contributed by atoms with Crippen molar-refractivity contribution in [1.82, 2.24) is 24.4 Å². The minimum Gasteiger partial charge on any atom is -0.338 e. The van der Waals surface area contributed by atoms with Crippen LogP contribution in [0.25, 0.3) is 5.65 Å². The van der Waals surface area contributed by atoms with Gasteiger partial charge in [-0.3, -0.25) is 19.6 Å². The number of hydrogen-bond acceptors (Lipinski definition) is 5. The molecule has 158 valence electrons. The van der Waals surface area contributed by atoms with Crippen molar-refractivity contribution in [3.8, 4) is 0 Å². The lowest BCUT2D eigenvalue weighted by Crippen LogP contribution is -2.40. The van der Waals surface area contributed by atoms with Gasteiger partial charge in [0.2, 0.25) is 5.91 Å². The topological polar surface area (TPSA) is 73.7 Å². The van der Waals surface area contributed by atoms with Gasteiger partial charge in [-0.15, -0.1) is 11.3 Å². The molecule has 3 aromatic heterocycles. The molecule has 1 saturated heterocycles. The van der Waals surface area contributed by atoms with Crippen LogP contribution in [-0.4, -0.2) is 43.4 Å². The van der Waals surface area contributed by atoms with E-state index in [1.165, 1.54) is 17.7 Å². The summed E-state index contributed by atoms with van der Waals surface area (Å²) in [6.45, 7) is 4.85. The van der Waals surface area contributed by atoms with E-state index < -0.39 is 0 Å². The molecule has 3 aromatic rings. The van der Waals surface area contributed by atoms with Crippen molar-refractivity contribution in [3.63, 3.8) is 0 Å². The zero-order valence-electron chi connectivity index (χ0n) is 17.3. The lowest BCUT2D eigenvalue weighted by molar-refractivity contribution is -0.131.